The van der Waals surface area contributed by atoms with Crippen molar-refractivity contribution in [2.45, 2.75) is 19.3 Å². The van der Waals surface area contributed by atoms with Crippen molar-refractivity contribution < 1.29 is 9.59 Å². The average molecular weight is 420 g/mol. The maximum absolute atomic E-state index is 12.9. The second kappa shape index (κ2) is 8.79. The van der Waals surface area contributed by atoms with Crippen LogP contribution in [0, 0.1) is 5.41 Å². The molecule has 154 valence electrons. The third-order valence-electron chi connectivity index (χ3n) is 5.90. The van der Waals surface area contributed by atoms with Crippen molar-refractivity contribution in [3.63, 3.8) is 0 Å². The summed E-state index contributed by atoms with van der Waals surface area (Å²) in [7, 11) is 1.69. The van der Waals surface area contributed by atoms with Gasteiger partial charge in [-0.2, -0.15) is 0 Å². The molecule has 0 spiro atoms. The quantitative estimate of drug-likeness (QED) is 0.679. The predicted octanol–water partition coefficient (Wildman–Crippen LogP) is 4.02. The lowest BCUT2D eigenvalue weighted by molar-refractivity contribution is -0.133. The van der Waals surface area contributed by atoms with Crippen LogP contribution < -0.4 is 5.32 Å². The minimum atomic E-state index is -0.500. The summed E-state index contributed by atoms with van der Waals surface area (Å²) in [5.74, 6) is -0.0174. The molecule has 0 atom stereocenters. The summed E-state index contributed by atoms with van der Waals surface area (Å²) in [6.07, 6.45) is 3.57. The topological polar surface area (TPSA) is 62.3 Å². The Balaban J connectivity index is 1.48. The number of likely N-dealkylation sites (tertiary alicyclic amines) is 1. The van der Waals surface area contributed by atoms with Crippen molar-refractivity contribution >= 4 is 23.2 Å². The van der Waals surface area contributed by atoms with Crippen LogP contribution in [-0.2, 0) is 11.2 Å². The maximum Gasteiger partial charge on any atom is 0.272 e. The standard InChI is InChI=1S/C24H25N3O2S/c1-25-23(29)24(17-18-7-9-19(10-8-18)21-6-4-16-30-21)11-14-27(15-12-24)22(28)20-5-2-3-13-26-20/h2-10,13,16H,11-12,14-15,17H2,1H3,(H,25,29). The molecule has 4 rings (SSSR count). The summed E-state index contributed by atoms with van der Waals surface area (Å²) in [4.78, 5) is 32.8. The largest absolute Gasteiger partial charge is 0.359 e. The Morgan fingerprint density at radius 2 is 1.83 bits per heavy atom. The zero-order valence-corrected chi connectivity index (χ0v) is 17.8. The first-order valence-electron chi connectivity index (χ1n) is 10.2. The molecule has 1 aromatic carbocycles. The van der Waals surface area contributed by atoms with Crippen LogP contribution in [0.1, 0.15) is 28.9 Å². The van der Waals surface area contributed by atoms with E-state index in [9.17, 15) is 9.59 Å². The first-order chi connectivity index (χ1) is 14.6. The van der Waals surface area contributed by atoms with Gasteiger partial charge in [-0.25, -0.2) is 0 Å². The van der Waals surface area contributed by atoms with Crippen molar-refractivity contribution in [2.75, 3.05) is 20.1 Å². The van der Waals surface area contributed by atoms with Gasteiger partial charge in [0.05, 0.1) is 5.41 Å². The molecule has 2 aromatic heterocycles. The van der Waals surface area contributed by atoms with Crippen molar-refractivity contribution in [1.29, 1.82) is 0 Å². The van der Waals surface area contributed by atoms with E-state index in [1.165, 1.54) is 10.4 Å². The van der Waals surface area contributed by atoms with Gasteiger partial charge in [0.2, 0.25) is 5.91 Å². The van der Waals surface area contributed by atoms with E-state index in [0.717, 1.165) is 5.56 Å². The van der Waals surface area contributed by atoms with Crippen LogP contribution in [-0.4, -0.2) is 41.8 Å². The van der Waals surface area contributed by atoms with Crippen molar-refractivity contribution in [3.8, 4) is 10.4 Å². The number of thiophene rings is 1. The number of nitrogens with zero attached hydrogens (tertiary/aromatic N) is 2. The minimum absolute atomic E-state index is 0.0507. The van der Waals surface area contributed by atoms with E-state index in [2.05, 4.69) is 52.1 Å². The fourth-order valence-electron chi connectivity index (χ4n) is 4.16. The number of piperidine rings is 1. The van der Waals surface area contributed by atoms with Crippen LogP contribution in [0.2, 0.25) is 0 Å². The van der Waals surface area contributed by atoms with Crippen LogP contribution in [0.25, 0.3) is 10.4 Å². The fraction of sp³-hybridized carbons (Fsp3) is 0.292. The van der Waals surface area contributed by atoms with Crippen molar-refractivity contribution in [2.24, 2.45) is 5.41 Å². The summed E-state index contributed by atoms with van der Waals surface area (Å²) in [6.45, 7) is 1.10. The molecule has 6 heteroatoms. The molecule has 0 bridgehead atoms. The monoisotopic (exact) mass is 419 g/mol. The van der Waals surface area contributed by atoms with E-state index in [4.69, 9.17) is 0 Å². The summed E-state index contributed by atoms with van der Waals surface area (Å²) < 4.78 is 0. The molecule has 1 N–H and O–H groups in total. The summed E-state index contributed by atoms with van der Waals surface area (Å²) >= 11 is 1.72. The fourth-order valence-corrected chi connectivity index (χ4v) is 4.89. The zero-order chi connectivity index (χ0) is 21.0. The number of pyridine rings is 1. The number of carbonyl (C=O) groups is 2. The van der Waals surface area contributed by atoms with Gasteiger partial charge in [-0.15, -0.1) is 11.3 Å². The third-order valence-corrected chi connectivity index (χ3v) is 6.82. The Hall–Kier alpha value is -2.99. The van der Waals surface area contributed by atoms with Gasteiger partial charge in [-0.1, -0.05) is 36.4 Å². The number of benzene rings is 1. The molecule has 1 aliphatic heterocycles. The molecule has 30 heavy (non-hydrogen) atoms. The van der Waals surface area contributed by atoms with Crippen LogP contribution in [0.4, 0.5) is 0 Å². The Labute approximate surface area is 180 Å². The number of carbonyl (C=O) groups excluding carboxylic acids is 2. The Morgan fingerprint density at radius 1 is 1.07 bits per heavy atom. The van der Waals surface area contributed by atoms with Crippen molar-refractivity contribution in [3.05, 3.63) is 77.4 Å². The highest BCUT2D eigenvalue weighted by atomic mass is 32.1. The summed E-state index contributed by atoms with van der Waals surface area (Å²) in [6, 6.07) is 18.0. The van der Waals surface area contributed by atoms with Crippen LogP contribution in [0.15, 0.2) is 66.2 Å². The van der Waals surface area contributed by atoms with E-state index in [1.807, 2.05) is 11.0 Å². The molecule has 1 aliphatic rings. The molecule has 2 amide bonds. The first kappa shape index (κ1) is 20.3. The number of nitrogens with one attached hydrogen (secondary N) is 1. The molecule has 0 aliphatic carbocycles. The van der Waals surface area contributed by atoms with E-state index in [1.54, 1.807) is 36.7 Å². The van der Waals surface area contributed by atoms with Crippen LogP contribution in [0.5, 0.6) is 0 Å². The van der Waals surface area contributed by atoms with Gasteiger partial charge in [-0.05, 0) is 54.0 Å². The first-order valence-corrected chi connectivity index (χ1v) is 11.0. The van der Waals surface area contributed by atoms with Gasteiger partial charge in [-0.3, -0.25) is 14.6 Å². The molecule has 1 saturated heterocycles. The van der Waals surface area contributed by atoms with Gasteiger partial charge < -0.3 is 10.2 Å². The van der Waals surface area contributed by atoms with Crippen LogP contribution >= 0.6 is 11.3 Å². The molecular formula is C24H25N3O2S. The van der Waals surface area contributed by atoms with E-state index in [-0.39, 0.29) is 11.8 Å². The lowest BCUT2D eigenvalue weighted by Crippen LogP contribution is -2.50. The highest BCUT2D eigenvalue weighted by Crippen LogP contribution is 2.36. The lowest BCUT2D eigenvalue weighted by atomic mass is 9.73. The molecule has 3 heterocycles. The second-order valence-electron chi connectivity index (χ2n) is 7.72. The number of amides is 2. The van der Waals surface area contributed by atoms with Crippen LogP contribution in [0.3, 0.4) is 0 Å². The zero-order valence-electron chi connectivity index (χ0n) is 17.0. The minimum Gasteiger partial charge on any atom is -0.359 e. The lowest BCUT2D eigenvalue weighted by Gasteiger charge is -2.40. The van der Waals surface area contributed by atoms with Gasteiger partial charge in [0.1, 0.15) is 5.69 Å². The van der Waals surface area contributed by atoms with Gasteiger partial charge in [0.25, 0.3) is 5.91 Å². The third kappa shape index (κ3) is 4.14. The summed E-state index contributed by atoms with van der Waals surface area (Å²) in [5.41, 5.74) is 2.29. The SMILES string of the molecule is CNC(=O)C1(Cc2ccc(-c3cccs3)cc2)CCN(C(=O)c2ccccn2)CC1. The smallest absolute Gasteiger partial charge is 0.272 e. The number of hydrogen-bond donors (Lipinski definition) is 1. The van der Waals surface area contributed by atoms with Crippen molar-refractivity contribution in [1.82, 2.24) is 15.2 Å². The molecular weight excluding hydrogens is 394 g/mol. The van der Waals surface area contributed by atoms with Gasteiger partial charge in [0, 0.05) is 31.2 Å². The number of rotatable bonds is 5. The van der Waals surface area contributed by atoms with Gasteiger partial charge in [0.15, 0.2) is 0 Å². The molecule has 0 saturated carbocycles. The highest BCUT2D eigenvalue weighted by molar-refractivity contribution is 7.13. The Morgan fingerprint density at radius 3 is 2.43 bits per heavy atom. The molecule has 0 unspecified atom stereocenters. The molecule has 3 aromatic rings. The molecule has 0 radical (unpaired) electrons. The highest BCUT2D eigenvalue weighted by Gasteiger charge is 2.42. The molecule has 1 fully saturated rings. The van der Waals surface area contributed by atoms with E-state index in [0.29, 0.717) is 38.0 Å². The second-order valence-corrected chi connectivity index (χ2v) is 8.67. The molecule has 5 nitrogen and oxygen atoms in total. The normalized spacial score (nSPS) is 15.6. The number of hydrogen-bond acceptors (Lipinski definition) is 4. The van der Waals surface area contributed by atoms with Gasteiger partial charge >= 0.3 is 0 Å². The predicted molar refractivity (Wildman–Crippen MR) is 119 cm³/mol. The number of aromatic nitrogens is 1. The Kier molecular flexibility index (Phi) is 5.95. The van der Waals surface area contributed by atoms with E-state index >= 15 is 0 Å². The van der Waals surface area contributed by atoms with E-state index < -0.39 is 5.41 Å². The Bertz CT molecular complexity index is 993. The summed E-state index contributed by atoms with van der Waals surface area (Å²) in [5, 5.41) is 4.93. The average Bonchev–Trinajstić information content (AvgIpc) is 3.34. The maximum atomic E-state index is 12.9.